The number of ether oxygens (including phenoxy) is 1. The number of halogens is 1. The summed E-state index contributed by atoms with van der Waals surface area (Å²) in [5.41, 5.74) is 7.77. The second kappa shape index (κ2) is 8.21. The third kappa shape index (κ3) is 4.75. The van der Waals surface area contributed by atoms with Crippen molar-refractivity contribution in [2.24, 2.45) is 5.73 Å². The second-order valence-electron chi connectivity index (χ2n) is 6.08. The van der Waals surface area contributed by atoms with Gasteiger partial charge in [0.2, 0.25) is 5.88 Å². The van der Waals surface area contributed by atoms with E-state index in [4.69, 9.17) is 10.5 Å². The normalized spacial score (nSPS) is 11.2. The van der Waals surface area contributed by atoms with Crippen LogP contribution in [-0.2, 0) is 6.42 Å². The quantitative estimate of drug-likeness (QED) is 0.516. The van der Waals surface area contributed by atoms with Crippen LogP contribution in [0.1, 0.15) is 19.4 Å². The van der Waals surface area contributed by atoms with Gasteiger partial charge in [0.05, 0.1) is 9.99 Å². The van der Waals surface area contributed by atoms with Crippen LogP contribution in [0.15, 0.2) is 57.9 Å². The van der Waals surface area contributed by atoms with Crippen molar-refractivity contribution >= 4 is 38.6 Å². The van der Waals surface area contributed by atoms with E-state index in [2.05, 4.69) is 59.0 Å². The zero-order valence-electron chi connectivity index (χ0n) is 14.3. The maximum atomic E-state index is 5.97. The lowest BCUT2D eigenvalue weighted by Crippen LogP contribution is -2.02. The Kier molecular flexibility index (Phi) is 5.99. The van der Waals surface area contributed by atoms with E-state index < -0.39 is 0 Å². The van der Waals surface area contributed by atoms with E-state index >= 15 is 0 Å². The summed E-state index contributed by atoms with van der Waals surface area (Å²) in [5.74, 6) is 1.35. The molecule has 0 aliphatic rings. The molecule has 1 aromatic heterocycles. The van der Waals surface area contributed by atoms with E-state index in [0.29, 0.717) is 17.7 Å². The molecule has 0 aliphatic heterocycles. The van der Waals surface area contributed by atoms with Gasteiger partial charge < -0.3 is 10.5 Å². The lowest BCUT2D eigenvalue weighted by atomic mass is 10.1. The summed E-state index contributed by atoms with van der Waals surface area (Å²) in [6, 6.07) is 16.3. The van der Waals surface area contributed by atoms with Crippen molar-refractivity contribution in [1.29, 1.82) is 0 Å². The van der Waals surface area contributed by atoms with Crippen LogP contribution >= 0.6 is 27.7 Å². The first kappa shape index (κ1) is 18.2. The molecule has 2 aromatic carbocycles. The number of aromatic nitrogens is 1. The molecule has 2 N–H and O–H groups in total. The number of nitrogens with two attached hydrogens (primary N) is 1. The first-order valence-corrected chi connectivity index (χ1v) is 9.96. The predicted molar refractivity (Wildman–Crippen MR) is 110 cm³/mol. The first-order chi connectivity index (χ1) is 12.0. The second-order valence-corrected chi connectivity index (χ2v) is 8.58. The maximum absolute atomic E-state index is 5.97. The minimum atomic E-state index is 0.546. The SMILES string of the molecule is CC(C)Sc1ccc(Oc2ccc3cc(CCN)ccc3n2)c(Br)c1. The Balaban J connectivity index is 1.81. The monoisotopic (exact) mass is 416 g/mol. The molecule has 0 spiro atoms. The van der Waals surface area contributed by atoms with Crippen molar-refractivity contribution in [1.82, 2.24) is 4.98 Å². The minimum absolute atomic E-state index is 0.546. The van der Waals surface area contributed by atoms with Crippen LogP contribution in [0.25, 0.3) is 10.9 Å². The number of fused-ring (bicyclic) bond motifs is 1. The Labute approximate surface area is 161 Å². The molecule has 3 nitrogen and oxygen atoms in total. The van der Waals surface area contributed by atoms with Gasteiger partial charge in [-0.3, -0.25) is 0 Å². The molecule has 3 aromatic rings. The molecular formula is C20H21BrN2OS. The minimum Gasteiger partial charge on any atom is -0.438 e. The van der Waals surface area contributed by atoms with Gasteiger partial charge >= 0.3 is 0 Å². The van der Waals surface area contributed by atoms with Crippen LogP contribution < -0.4 is 10.5 Å². The van der Waals surface area contributed by atoms with Crippen molar-refractivity contribution in [3.63, 3.8) is 0 Å². The van der Waals surface area contributed by atoms with Gasteiger partial charge in [0, 0.05) is 21.6 Å². The summed E-state index contributed by atoms with van der Waals surface area (Å²) >= 11 is 5.42. The molecule has 1 heterocycles. The molecule has 3 rings (SSSR count). The van der Waals surface area contributed by atoms with Gasteiger partial charge in [-0.1, -0.05) is 19.9 Å². The largest absolute Gasteiger partial charge is 0.438 e. The Hall–Kier alpha value is -1.56. The van der Waals surface area contributed by atoms with Crippen molar-refractivity contribution in [3.8, 4) is 11.6 Å². The maximum Gasteiger partial charge on any atom is 0.219 e. The van der Waals surface area contributed by atoms with Crippen LogP contribution in [0, 0.1) is 0 Å². The number of hydrogen-bond donors (Lipinski definition) is 1. The molecule has 0 radical (unpaired) electrons. The fourth-order valence-electron chi connectivity index (χ4n) is 2.56. The van der Waals surface area contributed by atoms with Crippen molar-refractivity contribution in [3.05, 3.63) is 58.6 Å². The lowest BCUT2D eigenvalue weighted by molar-refractivity contribution is 0.462. The number of nitrogens with zero attached hydrogens (tertiary/aromatic N) is 1. The number of hydrogen-bond acceptors (Lipinski definition) is 4. The Morgan fingerprint density at radius 2 is 1.96 bits per heavy atom. The Morgan fingerprint density at radius 1 is 1.12 bits per heavy atom. The van der Waals surface area contributed by atoms with Crippen LogP contribution in [0.3, 0.4) is 0 Å². The summed E-state index contributed by atoms with van der Waals surface area (Å²) < 4.78 is 6.90. The van der Waals surface area contributed by atoms with Gasteiger partial charge in [-0.05, 0) is 70.9 Å². The number of thioether (sulfide) groups is 1. The van der Waals surface area contributed by atoms with Gasteiger partial charge in [-0.15, -0.1) is 11.8 Å². The highest BCUT2D eigenvalue weighted by Gasteiger charge is 2.08. The number of benzene rings is 2. The molecule has 25 heavy (non-hydrogen) atoms. The average molecular weight is 417 g/mol. The molecule has 0 saturated carbocycles. The topological polar surface area (TPSA) is 48.1 Å². The van der Waals surface area contributed by atoms with Crippen molar-refractivity contribution < 1.29 is 4.74 Å². The smallest absolute Gasteiger partial charge is 0.219 e. The summed E-state index contributed by atoms with van der Waals surface area (Å²) in [6.45, 7) is 5.01. The predicted octanol–water partition coefficient (Wildman–Crippen LogP) is 5.79. The van der Waals surface area contributed by atoms with Gasteiger partial charge in [0.25, 0.3) is 0 Å². The third-order valence-electron chi connectivity index (χ3n) is 3.65. The van der Waals surface area contributed by atoms with E-state index in [9.17, 15) is 0 Å². The van der Waals surface area contributed by atoms with E-state index in [-0.39, 0.29) is 0 Å². The summed E-state index contributed by atoms with van der Waals surface area (Å²) in [5, 5.41) is 1.64. The molecular weight excluding hydrogens is 396 g/mol. The first-order valence-electron chi connectivity index (χ1n) is 8.29. The van der Waals surface area contributed by atoms with Gasteiger partial charge in [-0.2, -0.15) is 0 Å². The van der Waals surface area contributed by atoms with Crippen LogP contribution in [-0.4, -0.2) is 16.8 Å². The highest BCUT2D eigenvalue weighted by atomic mass is 79.9. The zero-order chi connectivity index (χ0) is 17.8. The van der Waals surface area contributed by atoms with E-state index in [0.717, 1.165) is 27.5 Å². The molecule has 0 amide bonds. The zero-order valence-corrected chi connectivity index (χ0v) is 16.7. The highest BCUT2D eigenvalue weighted by Crippen LogP contribution is 2.34. The van der Waals surface area contributed by atoms with Gasteiger partial charge in [0.1, 0.15) is 5.75 Å². The fraction of sp³-hybridized carbons (Fsp3) is 0.250. The molecule has 0 unspecified atom stereocenters. The number of pyridine rings is 1. The standard InChI is InChI=1S/C20H21BrN2OS/c1-13(2)25-16-5-7-19(17(21)12-16)24-20-8-4-15-11-14(9-10-22)3-6-18(15)23-20/h3-8,11-13H,9-10,22H2,1-2H3. The van der Waals surface area contributed by atoms with Crippen LogP contribution in [0.4, 0.5) is 0 Å². The Bertz CT molecular complexity index is 883. The molecule has 130 valence electrons. The van der Waals surface area contributed by atoms with Gasteiger partial charge in [0.15, 0.2) is 0 Å². The van der Waals surface area contributed by atoms with Crippen LogP contribution in [0.5, 0.6) is 11.6 Å². The molecule has 0 bridgehead atoms. The summed E-state index contributed by atoms with van der Waals surface area (Å²) in [7, 11) is 0. The Morgan fingerprint density at radius 3 is 2.68 bits per heavy atom. The van der Waals surface area contributed by atoms with E-state index in [1.165, 1.54) is 10.5 Å². The van der Waals surface area contributed by atoms with E-state index in [1.807, 2.05) is 36.0 Å². The average Bonchev–Trinajstić information content (AvgIpc) is 2.57. The van der Waals surface area contributed by atoms with Crippen LogP contribution in [0.2, 0.25) is 0 Å². The van der Waals surface area contributed by atoms with Gasteiger partial charge in [-0.25, -0.2) is 4.98 Å². The molecule has 0 atom stereocenters. The molecule has 0 saturated heterocycles. The summed E-state index contributed by atoms with van der Waals surface area (Å²) in [6.07, 6.45) is 0.877. The third-order valence-corrected chi connectivity index (χ3v) is 5.27. The van der Waals surface area contributed by atoms with E-state index in [1.54, 1.807) is 0 Å². The molecule has 5 heteroatoms. The number of rotatable bonds is 6. The molecule has 0 aliphatic carbocycles. The molecule has 0 fully saturated rings. The summed E-state index contributed by atoms with van der Waals surface area (Å²) in [4.78, 5) is 5.82. The lowest BCUT2D eigenvalue weighted by Gasteiger charge is -2.10. The van der Waals surface area contributed by atoms with Crippen molar-refractivity contribution in [2.45, 2.75) is 30.4 Å². The fourth-order valence-corrected chi connectivity index (χ4v) is 4.05. The highest BCUT2D eigenvalue weighted by molar-refractivity contribution is 9.10. The van der Waals surface area contributed by atoms with Crippen molar-refractivity contribution in [2.75, 3.05) is 6.54 Å².